The second-order valence-electron chi connectivity index (χ2n) is 8.64. The number of fused-ring (bicyclic) bond motifs is 1. The Labute approximate surface area is 201 Å². The van der Waals surface area contributed by atoms with Crippen molar-refractivity contribution in [3.8, 4) is 0 Å². The summed E-state index contributed by atoms with van der Waals surface area (Å²) in [6.45, 7) is 5.25. The fourth-order valence-corrected chi connectivity index (χ4v) is 6.75. The Morgan fingerprint density at radius 1 is 1.09 bits per heavy atom. The number of halogens is 1. The number of ether oxygens (including phenoxy) is 2. The number of anilines is 1. The molecule has 2 atom stereocenters. The molecule has 2 aromatic carbocycles. The molecule has 0 amide bonds. The van der Waals surface area contributed by atoms with Crippen LogP contribution in [-0.4, -0.2) is 68.2 Å². The topological polar surface area (TPSA) is 89.0 Å². The molecule has 8 nitrogen and oxygen atoms in total. The van der Waals surface area contributed by atoms with Gasteiger partial charge in [-0.2, -0.15) is 4.31 Å². The van der Waals surface area contributed by atoms with Gasteiger partial charge in [0.05, 0.1) is 46.0 Å². The number of carbonyl (C=O) groups excluding carboxylic acids is 1. The summed E-state index contributed by atoms with van der Waals surface area (Å²) in [5.74, 6) is -0.806. The molecule has 180 valence electrons. The number of thiazole rings is 1. The minimum Gasteiger partial charge on any atom is -0.455 e. The van der Waals surface area contributed by atoms with E-state index in [4.69, 9.17) is 9.47 Å². The van der Waals surface area contributed by atoms with Gasteiger partial charge in [0, 0.05) is 13.1 Å². The summed E-state index contributed by atoms with van der Waals surface area (Å²) in [6, 6.07) is 10.3. The summed E-state index contributed by atoms with van der Waals surface area (Å²) in [5.41, 5.74) is 1.02. The van der Waals surface area contributed by atoms with Crippen LogP contribution in [0.2, 0.25) is 0 Å². The molecule has 0 radical (unpaired) electrons. The van der Waals surface area contributed by atoms with Crippen molar-refractivity contribution >= 4 is 42.7 Å². The van der Waals surface area contributed by atoms with E-state index in [1.54, 1.807) is 6.07 Å². The van der Waals surface area contributed by atoms with Crippen LogP contribution < -0.4 is 4.90 Å². The van der Waals surface area contributed by atoms with E-state index in [0.29, 0.717) is 13.1 Å². The fourth-order valence-electron chi connectivity index (χ4n) is 4.15. The molecule has 3 aromatic rings. The Morgan fingerprint density at radius 2 is 1.76 bits per heavy atom. The van der Waals surface area contributed by atoms with Gasteiger partial charge in [-0.25, -0.2) is 22.6 Å². The van der Waals surface area contributed by atoms with Crippen molar-refractivity contribution in [1.82, 2.24) is 9.29 Å². The summed E-state index contributed by atoms with van der Waals surface area (Å²) in [5, 5.41) is 0.759. The number of hydrogen-bond acceptors (Lipinski definition) is 8. The third-order valence-electron chi connectivity index (χ3n) is 5.85. The number of esters is 1. The molecule has 0 aliphatic carbocycles. The molecule has 34 heavy (non-hydrogen) atoms. The number of benzene rings is 2. The van der Waals surface area contributed by atoms with Crippen molar-refractivity contribution in [2.24, 2.45) is 0 Å². The Bertz CT molecular complexity index is 1310. The average molecular weight is 506 g/mol. The molecule has 2 aliphatic heterocycles. The standard InChI is InChI=1S/C23H24FN3O5S2/c1-14-10-27(11-15(2)31-14)34(29,30)19-6-3-16(4-7-19)22(28)32-18-12-26(13-18)23-25-20-8-5-17(24)9-21(20)33-23/h3-9,14-15,18H,10-13H2,1-2H3. The smallest absolute Gasteiger partial charge is 0.338 e. The molecule has 0 saturated carbocycles. The van der Waals surface area contributed by atoms with Gasteiger partial charge in [0.2, 0.25) is 10.0 Å². The highest BCUT2D eigenvalue weighted by molar-refractivity contribution is 7.89. The van der Waals surface area contributed by atoms with E-state index >= 15 is 0 Å². The number of sulfonamides is 1. The van der Waals surface area contributed by atoms with Gasteiger partial charge < -0.3 is 14.4 Å². The van der Waals surface area contributed by atoms with E-state index in [2.05, 4.69) is 4.98 Å². The number of hydrogen-bond donors (Lipinski definition) is 0. The molecule has 11 heteroatoms. The first-order chi connectivity index (χ1) is 16.2. The maximum Gasteiger partial charge on any atom is 0.338 e. The predicted molar refractivity (Wildman–Crippen MR) is 126 cm³/mol. The van der Waals surface area contributed by atoms with E-state index in [9.17, 15) is 17.6 Å². The third kappa shape index (κ3) is 4.52. The van der Waals surface area contributed by atoms with Crippen LogP contribution in [0.4, 0.5) is 9.52 Å². The van der Waals surface area contributed by atoms with Crippen LogP contribution in [0.1, 0.15) is 24.2 Å². The molecule has 0 N–H and O–H groups in total. The normalized spacial score (nSPS) is 22.0. The quantitative estimate of drug-likeness (QED) is 0.492. The highest BCUT2D eigenvalue weighted by Gasteiger charge is 2.34. The number of morpholine rings is 1. The Kier molecular flexibility index (Phi) is 6.05. The minimum absolute atomic E-state index is 0.132. The highest BCUT2D eigenvalue weighted by Crippen LogP contribution is 2.32. The Morgan fingerprint density at radius 3 is 2.44 bits per heavy atom. The van der Waals surface area contributed by atoms with Gasteiger partial charge >= 0.3 is 5.97 Å². The molecule has 3 heterocycles. The first-order valence-corrected chi connectivity index (χ1v) is 13.2. The van der Waals surface area contributed by atoms with E-state index in [1.165, 1.54) is 52.0 Å². The second-order valence-corrected chi connectivity index (χ2v) is 11.6. The molecule has 2 fully saturated rings. The van der Waals surface area contributed by atoms with Crippen LogP contribution in [0, 0.1) is 5.82 Å². The van der Waals surface area contributed by atoms with Crippen LogP contribution in [0.25, 0.3) is 10.2 Å². The van der Waals surface area contributed by atoms with Crippen molar-refractivity contribution in [3.63, 3.8) is 0 Å². The van der Waals surface area contributed by atoms with Gasteiger partial charge in [0.25, 0.3) is 0 Å². The Balaban J connectivity index is 1.19. The molecule has 2 unspecified atom stereocenters. The molecule has 2 aliphatic rings. The van der Waals surface area contributed by atoms with Crippen LogP contribution in [0.3, 0.4) is 0 Å². The van der Waals surface area contributed by atoms with Crippen molar-refractivity contribution in [2.75, 3.05) is 31.1 Å². The van der Waals surface area contributed by atoms with Crippen molar-refractivity contribution < 1.29 is 27.1 Å². The van der Waals surface area contributed by atoms with E-state index < -0.39 is 16.0 Å². The van der Waals surface area contributed by atoms with Crippen LogP contribution in [0.15, 0.2) is 47.4 Å². The van der Waals surface area contributed by atoms with E-state index in [-0.39, 0.29) is 47.7 Å². The van der Waals surface area contributed by atoms with Gasteiger partial charge in [-0.3, -0.25) is 0 Å². The molecular formula is C23H24FN3O5S2. The summed E-state index contributed by atoms with van der Waals surface area (Å²) in [4.78, 5) is 19.1. The number of rotatable bonds is 5. The van der Waals surface area contributed by atoms with Crippen LogP contribution in [0.5, 0.6) is 0 Å². The third-order valence-corrected chi connectivity index (χ3v) is 8.77. The molecule has 2 saturated heterocycles. The van der Waals surface area contributed by atoms with Crippen molar-refractivity contribution in [1.29, 1.82) is 0 Å². The van der Waals surface area contributed by atoms with Gasteiger partial charge in [-0.05, 0) is 56.3 Å². The fraction of sp³-hybridized carbons (Fsp3) is 0.391. The zero-order valence-electron chi connectivity index (χ0n) is 18.7. The average Bonchev–Trinajstić information content (AvgIpc) is 3.17. The molecule has 0 spiro atoms. The van der Waals surface area contributed by atoms with Crippen LogP contribution >= 0.6 is 11.3 Å². The van der Waals surface area contributed by atoms with E-state index in [0.717, 1.165) is 15.3 Å². The lowest BCUT2D eigenvalue weighted by Gasteiger charge is -2.38. The number of aromatic nitrogens is 1. The Hall–Kier alpha value is -2.60. The van der Waals surface area contributed by atoms with Gasteiger partial charge in [0.15, 0.2) is 5.13 Å². The predicted octanol–water partition coefficient (Wildman–Crippen LogP) is 3.28. The van der Waals surface area contributed by atoms with Gasteiger partial charge in [-0.1, -0.05) is 11.3 Å². The largest absolute Gasteiger partial charge is 0.455 e. The lowest BCUT2D eigenvalue weighted by atomic mass is 10.2. The summed E-state index contributed by atoms with van der Waals surface area (Å²) >= 11 is 1.39. The molecule has 5 rings (SSSR count). The number of carbonyl (C=O) groups is 1. The summed E-state index contributed by atoms with van der Waals surface area (Å²) in [6.07, 6.45) is -0.659. The molecule has 1 aromatic heterocycles. The zero-order chi connectivity index (χ0) is 24.0. The van der Waals surface area contributed by atoms with Crippen molar-refractivity contribution in [2.45, 2.75) is 37.1 Å². The SMILES string of the molecule is CC1CN(S(=O)(=O)c2ccc(C(=O)OC3CN(c4nc5ccc(F)cc5s4)C3)cc2)CC(C)O1. The zero-order valence-corrected chi connectivity index (χ0v) is 20.3. The maximum atomic E-state index is 13.4. The minimum atomic E-state index is -3.67. The lowest BCUT2D eigenvalue weighted by Crippen LogP contribution is -2.53. The molecule has 0 bridgehead atoms. The monoisotopic (exact) mass is 505 g/mol. The first kappa shape index (κ1) is 23.2. The van der Waals surface area contributed by atoms with Gasteiger partial charge in [-0.15, -0.1) is 0 Å². The summed E-state index contributed by atoms with van der Waals surface area (Å²) in [7, 11) is -3.67. The summed E-state index contributed by atoms with van der Waals surface area (Å²) < 4.78 is 52.7. The second kappa shape index (κ2) is 8.88. The highest BCUT2D eigenvalue weighted by atomic mass is 32.2. The molecular weight excluding hydrogens is 481 g/mol. The first-order valence-electron chi connectivity index (χ1n) is 11.0. The maximum absolute atomic E-state index is 13.4. The lowest BCUT2D eigenvalue weighted by molar-refractivity contribution is -0.0440. The number of nitrogens with zero attached hydrogens (tertiary/aromatic N) is 3. The van der Waals surface area contributed by atoms with Crippen molar-refractivity contribution in [3.05, 3.63) is 53.8 Å². The van der Waals surface area contributed by atoms with Crippen LogP contribution in [-0.2, 0) is 19.5 Å². The van der Waals surface area contributed by atoms with E-state index in [1.807, 2.05) is 18.7 Å². The van der Waals surface area contributed by atoms with Gasteiger partial charge in [0.1, 0.15) is 11.9 Å².